The summed E-state index contributed by atoms with van der Waals surface area (Å²) in [5.74, 6) is 1.62. The Kier molecular flexibility index (Phi) is 5.87. The topological polar surface area (TPSA) is 30.5 Å². The summed E-state index contributed by atoms with van der Waals surface area (Å²) in [5.41, 5.74) is 1.11. The molecular formula is C16H18ClNO2. The molecule has 0 spiro atoms. The first-order valence-electron chi connectivity index (χ1n) is 6.50. The molecule has 0 aliphatic carbocycles. The Morgan fingerprint density at radius 2 is 1.80 bits per heavy atom. The highest BCUT2D eigenvalue weighted by Gasteiger charge is 2.04. The van der Waals surface area contributed by atoms with E-state index in [1.54, 1.807) is 7.11 Å². The van der Waals surface area contributed by atoms with Crippen molar-refractivity contribution in [2.24, 2.45) is 0 Å². The normalized spacial score (nSPS) is 10.5. The monoisotopic (exact) mass is 291 g/mol. The fourth-order valence-corrected chi connectivity index (χ4v) is 1.90. The van der Waals surface area contributed by atoms with Gasteiger partial charge in [-0.1, -0.05) is 29.8 Å². The van der Waals surface area contributed by atoms with Crippen LogP contribution in [0.4, 0.5) is 0 Å². The van der Waals surface area contributed by atoms with Crippen molar-refractivity contribution >= 4 is 11.6 Å². The number of hydrogen-bond donors (Lipinski definition) is 1. The van der Waals surface area contributed by atoms with Gasteiger partial charge in [0.25, 0.3) is 0 Å². The molecule has 2 aromatic carbocycles. The van der Waals surface area contributed by atoms with E-state index >= 15 is 0 Å². The second-order valence-electron chi connectivity index (χ2n) is 4.33. The van der Waals surface area contributed by atoms with E-state index in [4.69, 9.17) is 21.1 Å². The number of benzene rings is 2. The van der Waals surface area contributed by atoms with E-state index in [1.165, 1.54) is 0 Å². The minimum Gasteiger partial charge on any atom is -0.457 e. The number of ether oxygens (including phenoxy) is 2. The molecular weight excluding hydrogens is 274 g/mol. The maximum absolute atomic E-state index is 5.89. The zero-order chi connectivity index (χ0) is 14.2. The second-order valence-corrected chi connectivity index (χ2v) is 4.77. The van der Waals surface area contributed by atoms with Gasteiger partial charge < -0.3 is 14.8 Å². The van der Waals surface area contributed by atoms with Crippen LogP contribution < -0.4 is 10.1 Å². The molecule has 0 heterocycles. The minimum atomic E-state index is 0.695. The van der Waals surface area contributed by atoms with Gasteiger partial charge in [-0.3, -0.25) is 0 Å². The van der Waals surface area contributed by atoms with E-state index in [1.807, 2.05) is 48.5 Å². The summed E-state index contributed by atoms with van der Waals surface area (Å²) >= 11 is 5.87. The summed E-state index contributed by atoms with van der Waals surface area (Å²) < 4.78 is 10.9. The molecule has 4 heteroatoms. The molecule has 0 bridgehead atoms. The van der Waals surface area contributed by atoms with Gasteiger partial charge in [0, 0.05) is 30.8 Å². The summed E-state index contributed by atoms with van der Waals surface area (Å²) in [6.45, 7) is 2.25. The predicted octanol–water partition coefficient (Wildman–Crippen LogP) is 3.87. The number of para-hydroxylation sites is 1. The van der Waals surface area contributed by atoms with Crippen LogP contribution >= 0.6 is 11.6 Å². The van der Waals surface area contributed by atoms with Crippen LogP contribution in [0.5, 0.6) is 11.5 Å². The van der Waals surface area contributed by atoms with Crippen LogP contribution in [-0.4, -0.2) is 20.3 Å². The molecule has 2 rings (SSSR count). The molecule has 1 N–H and O–H groups in total. The van der Waals surface area contributed by atoms with E-state index in [0.717, 1.165) is 30.2 Å². The fourth-order valence-electron chi connectivity index (χ4n) is 1.78. The molecule has 0 unspecified atom stereocenters. The predicted molar refractivity (Wildman–Crippen MR) is 81.6 cm³/mol. The second kappa shape index (κ2) is 7.90. The Hall–Kier alpha value is -1.55. The third kappa shape index (κ3) is 4.53. The van der Waals surface area contributed by atoms with Crippen LogP contribution in [0.25, 0.3) is 0 Å². The standard InChI is InChI=1S/C16H18ClNO2/c1-19-11-10-18-12-13-4-2-3-5-16(13)20-15-8-6-14(17)7-9-15/h2-9,18H,10-12H2,1H3. The first kappa shape index (κ1) is 14.9. The van der Waals surface area contributed by atoms with Crippen molar-refractivity contribution < 1.29 is 9.47 Å². The van der Waals surface area contributed by atoms with Crippen molar-refractivity contribution in [1.82, 2.24) is 5.32 Å². The molecule has 0 aromatic heterocycles. The Labute approximate surface area is 124 Å². The van der Waals surface area contributed by atoms with E-state index in [9.17, 15) is 0 Å². The zero-order valence-corrected chi connectivity index (χ0v) is 12.2. The number of halogens is 1. The van der Waals surface area contributed by atoms with Gasteiger partial charge in [0.15, 0.2) is 0 Å². The summed E-state index contributed by atoms with van der Waals surface area (Å²) in [7, 11) is 1.69. The van der Waals surface area contributed by atoms with Gasteiger partial charge in [-0.2, -0.15) is 0 Å². The number of nitrogens with one attached hydrogen (secondary N) is 1. The Bertz CT molecular complexity index is 528. The Balaban J connectivity index is 2.01. The SMILES string of the molecule is COCCNCc1ccccc1Oc1ccc(Cl)cc1. The molecule has 0 amide bonds. The van der Waals surface area contributed by atoms with E-state index in [-0.39, 0.29) is 0 Å². The van der Waals surface area contributed by atoms with Crippen LogP contribution in [0, 0.1) is 0 Å². The van der Waals surface area contributed by atoms with Gasteiger partial charge in [-0.05, 0) is 30.3 Å². The lowest BCUT2D eigenvalue weighted by Gasteiger charge is -2.12. The molecule has 0 radical (unpaired) electrons. The van der Waals surface area contributed by atoms with Gasteiger partial charge >= 0.3 is 0 Å². The van der Waals surface area contributed by atoms with Crippen molar-refractivity contribution in [2.45, 2.75) is 6.54 Å². The van der Waals surface area contributed by atoms with E-state index in [0.29, 0.717) is 11.6 Å². The van der Waals surface area contributed by atoms with Gasteiger partial charge in [-0.15, -0.1) is 0 Å². The summed E-state index contributed by atoms with van der Waals surface area (Å²) in [4.78, 5) is 0. The van der Waals surface area contributed by atoms with Crippen LogP contribution in [0.1, 0.15) is 5.56 Å². The summed E-state index contributed by atoms with van der Waals surface area (Å²) in [6.07, 6.45) is 0. The number of rotatable bonds is 7. The van der Waals surface area contributed by atoms with Crippen LogP contribution in [-0.2, 0) is 11.3 Å². The van der Waals surface area contributed by atoms with Gasteiger partial charge in [-0.25, -0.2) is 0 Å². The molecule has 0 aliphatic rings. The summed E-state index contributed by atoms with van der Waals surface area (Å²) in [6, 6.07) is 15.3. The lowest BCUT2D eigenvalue weighted by molar-refractivity contribution is 0.199. The van der Waals surface area contributed by atoms with Crippen molar-refractivity contribution in [3.63, 3.8) is 0 Å². The first-order valence-corrected chi connectivity index (χ1v) is 6.88. The Morgan fingerprint density at radius 3 is 2.55 bits per heavy atom. The fraction of sp³-hybridized carbons (Fsp3) is 0.250. The molecule has 106 valence electrons. The third-order valence-electron chi connectivity index (χ3n) is 2.81. The van der Waals surface area contributed by atoms with Crippen LogP contribution in [0.3, 0.4) is 0 Å². The minimum absolute atomic E-state index is 0.695. The van der Waals surface area contributed by atoms with Crippen LogP contribution in [0.15, 0.2) is 48.5 Å². The number of methoxy groups -OCH3 is 1. The van der Waals surface area contributed by atoms with Crippen molar-refractivity contribution in [2.75, 3.05) is 20.3 Å². The van der Waals surface area contributed by atoms with Gasteiger partial charge in [0.1, 0.15) is 11.5 Å². The maximum atomic E-state index is 5.89. The highest BCUT2D eigenvalue weighted by atomic mass is 35.5. The molecule has 2 aromatic rings. The molecule has 0 aliphatic heterocycles. The number of hydrogen-bond acceptors (Lipinski definition) is 3. The van der Waals surface area contributed by atoms with Gasteiger partial charge in [0.05, 0.1) is 6.61 Å². The quantitative estimate of drug-likeness (QED) is 0.786. The highest BCUT2D eigenvalue weighted by Crippen LogP contribution is 2.26. The molecule has 0 saturated heterocycles. The average Bonchev–Trinajstić information content (AvgIpc) is 2.47. The average molecular weight is 292 g/mol. The molecule has 0 fully saturated rings. The summed E-state index contributed by atoms with van der Waals surface area (Å²) in [5, 5.41) is 4.01. The van der Waals surface area contributed by atoms with Crippen LogP contribution in [0.2, 0.25) is 5.02 Å². The maximum Gasteiger partial charge on any atom is 0.131 e. The molecule has 3 nitrogen and oxygen atoms in total. The Morgan fingerprint density at radius 1 is 1.05 bits per heavy atom. The first-order chi connectivity index (χ1) is 9.79. The van der Waals surface area contributed by atoms with E-state index < -0.39 is 0 Å². The van der Waals surface area contributed by atoms with Crippen molar-refractivity contribution in [1.29, 1.82) is 0 Å². The third-order valence-corrected chi connectivity index (χ3v) is 3.06. The molecule has 0 atom stereocenters. The largest absolute Gasteiger partial charge is 0.457 e. The zero-order valence-electron chi connectivity index (χ0n) is 11.4. The highest BCUT2D eigenvalue weighted by molar-refractivity contribution is 6.30. The lowest BCUT2D eigenvalue weighted by Crippen LogP contribution is -2.18. The lowest BCUT2D eigenvalue weighted by atomic mass is 10.2. The van der Waals surface area contributed by atoms with E-state index in [2.05, 4.69) is 5.32 Å². The molecule has 0 saturated carbocycles. The molecule has 20 heavy (non-hydrogen) atoms. The van der Waals surface area contributed by atoms with Gasteiger partial charge in [0.2, 0.25) is 0 Å². The smallest absolute Gasteiger partial charge is 0.131 e. The van der Waals surface area contributed by atoms with Crippen molar-refractivity contribution in [3.8, 4) is 11.5 Å². The van der Waals surface area contributed by atoms with Crippen molar-refractivity contribution in [3.05, 3.63) is 59.1 Å².